The van der Waals surface area contributed by atoms with Crippen molar-refractivity contribution in [3.63, 3.8) is 0 Å². The summed E-state index contributed by atoms with van der Waals surface area (Å²) in [5, 5.41) is 15.2. The molecule has 0 radical (unpaired) electrons. The van der Waals surface area contributed by atoms with Gasteiger partial charge < -0.3 is 20.5 Å². The van der Waals surface area contributed by atoms with Gasteiger partial charge in [0.25, 0.3) is 0 Å². The summed E-state index contributed by atoms with van der Waals surface area (Å²) in [7, 11) is 0. The Morgan fingerprint density at radius 1 is 1.35 bits per heavy atom. The summed E-state index contributed by atoms with van der Waals surface area (Å²) in [5.41, 5.74) is 0.971. The second-order valence-corrected chi connectivity index (χ2v) is 5.60. The van der Waals surface area contributed by atoms with Gasteiger partial charge in [-0.05, 0) is 19.8 Å². The van der Waals surface area contributed by atoms with E-state index in [2.05, 4.69) is 17.2 Å². The average molecular weight is 284 g/mol. The van der Waals surface area contributed by atoms with Crippen molar-refractivity contribution < 1.29 is 14.6 Å². The van der Waals surface area contributed by atoms with Gasteiger partial charge in [0, 0.05) is 25.1 Å². The topological polar surface area (TPSA) is 70.6 Å². The van der Waals surface area contributed by atoms with Gasteiger partial charge in [-0.25, -0.2) is 4.79 Å². The number of ether oxygens (including phenoxy) is 1. The number of hydrogen-bond acceptors (Lipinski definition) is 3. The number of carbonyl (C=O) groups excluding carboxylic acids is 1. The fourth-order valence-electron chi connectivity index (χ4n) is 2.50. The number of amides is 2. The summed E-state index contributed by atoms with van der Waals surface area (Å²) in [5.74, 6) is 0.183. The van der Waals surface area contributed by atoms with E-state index in [-0.39, 0.29) is 24.6 Å². The quantitative estimate of drug-likeness (QED) is 0.379. The van der Waals surface area contributed by atoms with Crippen LogP contribution in [0.25, 0.3) is 0 Å². The Balaban J connectivity index is 2.20. The van der Waals surface area contributed by atoms with Crippen LogP contribution in [0.15, 0.2) is 12.2 Å². The molecule has 1 saturated carbocycles. The molecule has 1 aliphatic rings. The first kappa shape index (κ1) is 17.0. The summed E-state index contributed by atoms with van der Waals surface area (Å²) < 4.78 is 5.32. The van der Waals surface area contributed by atoms with E-state index in [1.807, 2.05) is 6.92 Å². The average Bonchev–Trinajstić information content (AvgIpc) is 2.63. The summed E-state index contributed by atoms with van der Waals surface area (Å²) in [4.78, 5) is 11.8. The molecule has 0 heterocycles. The Morgan fingerprint density at radius 3 is 2.80 bits per heavy atom. The Labute approximate surface area is 121 Å². The highest BCUT2D eigenvalue weighted by Crippen LogP contribution is 2.22. The van der Waals surface area contributed by atoms with Gasteiger partial charge in [0.1, 0.15) is 0 Å². The maximum absolute atomic E-state index is 11.8. The van der Waals surface area contributed by atoms with E-state index >= 15 is 0 Å². The predicted molar refractivity (Wildman–Crippen MR) is 79.6 cm³/mol. The molecule has 0 bridgehead atoms. The minimum absolute atomic E-state index is 0.0823. The second kappa shape index (κ2) is 9.77. The van der Waals surface area contributed by atoms with E-state index in [0.29, 0.717) is 19.8 Å². The molecule has 0 spiro atoms. The third-order valence-electron chi connectivity index (χ3n) is 3.59. The van der Waals surface area contributed by atoms with Crippen LogP contribution in [0.1, 0.15) is 39.0 Å². The molecule has 116 valence electrons. The zero-order valence-corrected chi connectivity index (χ0v) is 12.5. The number of aliphatic hydroxyl groups is 1. The number of hydrogen-bond donors (Lipinski definition) is 3. The lowest BCUT2D eigenvalue weighted by atomic mass is 9.96. The molecule has 5 heteroatoms. The van der Waals surface area contributed by atoms with E-state index in [0.717, 1.165) is 31.3 Å². The fraction of sp³-hybridized carbons (Fsp3) is 0.800. The molecule has 0 aromatic heterocycles. The molecule has 2 amide bonds. The van der Waals surface area contributed by atoms with Crippen LogP contribution in [-0.2, 0) is 4.74 Å². The largest absolute Gasteiger partial charge is 0.396 e. The number of aliphatic hydroxyl groups excluding tert-OH is 1. The molecular formula is C15H28N2O3. The summed E-state index contributed by atoms with van der Waals surface area (Å²) in [6, 6.07) is -0.0897. The van der Waals surface area contributed by atoms with Crippen LogP contribution >= 0.6 is 0 Å². The van der Waals surface area contributed by atoms with E-state index in [1.54, 1.807) is 0 Å². The smallest absolute Gasteiger partial charge is 0.315 e. The van der Waals surface area contributed by atoms with E-state index in [1.165, 1.54) is 6.42 Å². The van der Waals surface area contributed by atoms with Crippen molar-refractivity contribution in [1.82, 2.24) is 10.6 Å². The number of rotatable bonds is 7. The van der Waals surface area contributed by atoms with Crippen molar-refractivity contribution in [1.29, 1.82) is 0 Å². The third kappa shape index (κ3) is 6.91. The number of carbonyl (C=O) groups is 1. The van der Waals surface area contributed by atoms with Crippen LogP contribution in [-0.4, -0.2) is 43.5 Å². The van der Waals surface area contributed by atoms with E-state index in [9.17, 15) is 9.90 Å². The molecule has 1 rings (SSSR count). The SMILES string of the molecule is C=C(C)COCCNC(=O)NC1CCCCCC1CO. The minimum Gasteiger partial charge on any atom is -0.396 e. The van der Waals surface area contributed by atoms with Crippen molar-refractivity contribution in [2.75, 3.05) is 26.4 Å². The van der Waals surface area contributed by atoms with Crippen molar-refractivity contribution in [3.05, 3.63) is 12.2 Å². The first-order valence-electron chi connectivity index (χ1n) is 7.51. The molecule has 0 saturated heterocycles. The molecule has 1 fully saturated rings. The van der Waals surface area contributed by atoms with E-state index < -0.39 is 0 Å². The number of urea groups is 1. The van der Waals surface area contributed by atoms with Crippen LogP contribution in [0.3, 0.4) is 0 Å². The first-order chi connectivity index (χ1) is 9.63. The lowest BCUT2D eigenvalue weighted by Crippen LogP contribution is -2.46. The zero-order chi connectivity index (χ0) is 14.8. The molecular weight excluding hydrogens is 256 g/mol. The van der Waals surface area contributed by atoms with Gasteiger partial charge in [0.05, 0.1) is 13.2 Å². The molecule has 5 nitrogen and oxygen atoms in total. The van der Waals surface area contributed by atoms with Gasteiger partial charge in [-0.15, -0.1) is 0 Å². The van der Waals surface area contributed by atoms with Gasteiger partial charge in [-0.2, -0.15) is 0 Å². The highest BCUT2D eigenvalue weighted by Gasteiger charge is 2.24. The maximum Gasteiger partial charge on any atom is 0.315 e. The summed E-state index contributed by atoms with van der Waals surface area (Å²) in [6.45, 7) is 7.28. The molecule has 2 unspecified atom stereocenters. The lowest BCUT2D eigenvalue weighted by molar-refractivity contribution is 0.155. The summed E-state index contributed by atoms with van der Waals surface area (Å²) >= 11 is 0. The Bertz CT molecular complexity index is 307. The normalized spacial score (nSPS) is 22.9. The molecule has 2 atom stereocenters. The minimum atomic E-state index is -0.172. The van der Waals surface area contributed by atoms with Crippen LogP contribution in [0, 0.1) is 5.92 Å². The third-order valence-corrected chi connectivity index (χ3v) is 3.59. The molecule has 20 heavy (non-hydrogen) atoms. The van der Waals surface area contributed by atoms with Crippen molar-refractivity contribution in [2.24, 2.45) is 5.92 Å². The van der Waals surface area contributed by atoms with Crippen molar-refractivity contribution in [3.8, 4) is 0 Å². The Hall–Kier alpha value is -1.07. The van der Waals surface area contributed by atoms with Crippen LogP contribution in [0.2, 0.25) is 0 Å². The molecule has 0 aromatic rings. The van der Waals surface area contributed by atoms with E-state index in [4.69, 9.17) is 4.74 Å². The van der Waals surface area contributed by atoms with Crippen LogP contribution in [0.5, 0.6) is 0 Å². The van der Waals surface area contributed by atoms with Gasteiger partial charge in [-0.3, -0.25) is 0 Å². The second-order valence-electron chi connectivity index (χ2n) is 5.60. The van der Waals surface area contributed by atoms with Crippen LogP contribution < -0.4 is 10.6 Å². The van der Waals surface area contributed by atoms with Crippen molar-refractivity contribution >= 4 is 6.03 Å². The van der Waals surface area contributed by atoms with Crippen LogP contribution in [0.4, 0.5) is 4.79 Å². The highest BCUT2D eigenvalue weighted by molar-refractivity contribution is 5.74. The van der Waals surface area contributed by atoms with Gasteiger partial charge in [0.15, 0.2) is 0 Å². The van der Waals surface area contributed by atoms with Gasteiger partial charge in [0.2, 0.25) is 0 Å². The molecule has 3 N–H and O–H groups in total. The molecule has 1 aliphatic carbocycles. The molecule has 0 aliphatic heterocycles. The standard InChI is InChI=1S/C15H28N2O3/c1-12(2)11-20-9-8-16-15(19)17-14-7-5-3-4-6-13(14)10-18/h13-14,18H,1,3-11H2,2H3,(H2,16,17,19). The first-order valence-corrected chi connectivity index (χ1v) is 7.51. The number of nitrogens with one attached hydrogen (secondary N) is 2. The zero-order valence-electron chi connectivity index (χ0n) is 12.5. The Morgan fingerprint density at radius 2 is 2.10 bits per heavy atom. The fourth-order valence-corrected chi connectivity index (χ4v) is 2.50. The van der Waals surface area contributed by atoms with Gasteiger partial charge >= 0.3 is 6.03 Å². The molecule has 0 aromatic carbocycles. The summed E-state index contributed by atoms with van der Waals surface area (Å²) in [6.07, 6.45) is 5.38. The predicted octanol–water partition coefficient (Wildman–Crippen LogP) is 1.82. The van der Waals surface area contributed by atoms with Gasteiger partial charge in [-0.1, -0.05) is 31.4 Å². The highest BCUT2D eigenvalue weighted by atomic mass is 16.5. The monoisotopic (exact) mass is 284 g/mol. The maximum atomic E-state index is 11.8. The lowest BCUT2D eigenvalue weighted by Gasteiger charge is -2.24. The Kier molecular flexibility index (Phi) is 8.30. The van der Waals surface area contributed by atoms with Crippen molar-refractivity contribution in [2.45, 2.75) is 45.1 Å².